The molecule has 0 bridgehead atoms. The van der Waals surface area contributed by atoms with E-state index >= 15 is 0 Å². The molecule has 2 N–H and O–H groups in total. The minimum Gasteiger partial charge on any atom is -0.482 e. The van der Waals surface area contributed by atoms with Crippen molar-refractivity contribution in [3.63, 3.8) is 0 Å². The van der Waals surface area contributed by atoms with Gasteiger partial charge in [0, 0.05) is 11.0 Å². The van der Waals surface area contributed by atoms with Crippen molar-refractivity contribution in [3.8, 4) is 5.75 Å². The Bertz CT molecular complexity index is 494. The number of amides is 3. The van der Waals surface area contributed by atoms with Crippen LogP contribution in [0.3, 0.4) is 0 Å². The zero-order chi connectivity index (χ0) is 14.3. The van der Waals surface area contributed by atoms with E-state index in [0.29, 0.717) is 10.8 Å². The number of urea groups is 1. The highest BCUT2D eigenvalue weighted by Gasteiger charge is 2.09. The number of hydrogen-bond donors (Lipinski definition) is 2. The van der Waals surface area contributed by atoms with Crippen molar-refractivity contribution >= 4 is 39.5 Å². The van der Waals surface area contributed by atoms with Crippen LogP contribution in [0.2, 0.25) is 5.02 Å². The summed E-state index contributed by atoms with van der Waals surface area (Å²) in [6, 6.07) is 4.40. The lowest BCUT2D eigenvalue weighted by molar-refractivity contribution is -0.122. The summed E-state index contributed by atoms with van der Waals surface area (Å²) in [6.45, 7) is 3.41. The molecule has 5 nitrogen and oxygen atoms in total. The number of nitrogens with one attached hydrogen (secondary N) is 2. The van der Waals surface area contributed by atoms with E-state index < -0.39 is 11.9 Å². The summed E-state index contributed by atoms with van der Waals surface area (Å²) in [5.41, 5.74) is 0. The van der Waals surface area contributed by atoms with E-state index in [2.05, 4.69) is 33.1 Å². The lowest BCUT2D eigenvalue weighted by Crippen LogP contribution is -2.41. The maximum Gasteiger partial charge on any atom is 0.321 e. The molecule has 0 saturated carbocycles. The van der Waals surface area contributed by atoms with Crippen molar-refractivity contribution in [2.24, 2.45) is 0 Å². The molecule has 0 aromatic heterocycles. The van der Waals surface area contributed by atoms with Crippen LogP contribution in [0.5, 0.6) is 5.75 Å². The van der Waals surface area contributed by atoms with Gasteiger partial charge in [-0.15, -0.1) is 6.58 Å². The van der Waals surface area contributed by atoms with Gasteiger partial charge < -0.3 is 10.1 Å². The van der Waals surface area contributed by atoms with Crippen LogP contribution in [0.4, 0.5) is 4.79 Å². The quantitative estimate of drug-likeness (QED) is 0.804. The largest absolute Gasteiger partial charge is 0.482 e. The lowest BCUT2D eigenvalue weighted by Gasteiger charge is -2.08. The highest BCUT2D eigenvalue weighted by Crippen LogP contribution is 2.27. The van der Waals surface area contributed by atoms with E-state index in [1.54, 1.807) is 18.2 Å². The first kappa shape index (κ1) is 15.5. The van der Waals surface area contributed by atoms with Gasteiger partial charge in [0.05, 0.1) is 5.02 Å². The minimum absolute atomic E-state index is 0.276. The second kappa shape index (κ2) is 7.81. The molecule has 0 spiro atoms. The van der Waals surface area contributed by atoms with Crippen LogP contribution in [0.1, 0.15) is 0 Å². The number of imide groups is 1. The Balaban J connectivity index is 2.41. The normalized spacial score (nSPS) is 9.58. The van der Waals surface area contributed by atoms with E-state index in [1.165, 1.54) is 6.08 Å². The predicted molar refractivity (Wildman–Crippen MR) is 76.4 cm³/mol. The predicted octanol–water partition coefficient (Wildman–Crippen LogP) is 2.49. The molecule has 0 aliphatic heterocycles. The summed E-state index contributed by atoms with van der Waals surface area (Å²) in [7, 11) is 0. The van der Waals surface area contributed by atoms with Gasteiger partial charge >= 0.3 is 6.03 Å². The fourth-order valence-corrected chi connectivity index (χ4v) is 1.84. The van der Waals surface area contributed by atoms with E-state index in [9.17, 15) is 9.59 Å². The standard InChI is InChI=1S/C12H12BrClN2O3/c1-2-5-15-12(18)16-11(17)7-19-10-4-3-8(13)6-9(10)14/h2-4,6H,1,5,7H2,(H2,15,16,17,18). The highest BCUT2D eigenvalue weighted by molar-refractivity contribution is 9.10. The van der Waals surface area contributed by atoms with Crippen molar-refractivity contribution in [1.82, 2.24) is 10.6 Å². The van der Waals surface area contributed by atoms with E-state index in [-0.39, 0.29) is 13.2 Å². The number of benzene rings is 1. The molecule has 0 aliphatic carbocycles. The molecule has 0 unspecified atom stereocenters. The topological polar surface area (TPSA) is 67.4 Å². The maximum absolute atomic E-state index is 11.4. The van der Waals surface area contributed by atoms with Crippen LogP contribution in [0.15, 0.2) is 35.3 Å². The average Bonchev–Trinajstić information content (AvgIpc) is 2.35. The third-order valence-corrected chi connectivity index (χ3v) is 2.70. The summed E-state index contributed by atoms with van der Waals surface area (Å²) < 4.78 is 6.00. The van der Waals surface area contributed by atoms with Crippen molar-refractivity contribution in [3.05, 3.63) is 40.3 Å². The van der Waals surface area contributed by atoms with Crippen LogP contribution in [0, 0.1) is 0 Å². The molecule has 1 aromatic rings. The highest BCUT2D eigenvalue weighted by atomic mass is 79.9. The molecule has 0 heterocycles. The first-order chi connectivity index (χ1) is 9.02. The second-order valence-electron chi connectivity index (χ2n) is 3.41. The van der Waals surface area contributed by atoms with E-state index in [4.69, 9.17) is 16.3 Å². The third kappa shape index (κ3) is 5.76. The molecule has 102 valence electrons. The molecule has 0 atom stereocenters. The molecule has 0 fully saturated rings. The second-order valence-corrected chi connectivity index (χ2v) is 4.73. The van der Waals surface area contributed by atoms with Gasteiger partial charge in [0.25, 0.3) is 5.91 Å². The van der Waals surface area contributed by atoms with Gasteiger partial charge in [0.1, 0.15) is 5.75 Å². The van der Waals surface area contributed by atoms with Crippen LogP contribution in [-0.2, 0) is 4.79 Å². The first-order valence-corrected chi connectivity index (χ1v) is 6.46. The molecule has 7 heteroatoms. The monoisotopic (exact) mass is 346 g/mol. The lowest BCUT2D eigenvalue weighted by atomic mass is 10.3. The number of hydrogen-bond acceptors (Lipinski definition) is 3. The summed E-state index contributed by atoms with van der Waals surface area (Å²) in [6.07, 6.45) is 1.50. The molecule has 0 saturated heterocycles. The smallest absolute Gasteiger partial charge is 0.321 e. The summed E-state index contributed by atoms with van der Waals surface area (Å²) in [4.78, 5) is 22.5. The van der Waals surface area contributed by atoms with Gasteiger partial charge in [0.15, 0.2) is 6.61 Å². The molecule has 0 aliphatic rings. The Labute approximate surface area is 124 Å². The van der Waals surface area contributed by atoms with Crippen molar-refractivity contribution in [1.29, 1.82) is 0 Å². The zero-order valence-corrected chi connectivity index (χ0v) is 12.3. The molecule has 19 heavy (non-hydrogen) atoms. The summed E-state index contributed by atoms with van der Waals surface area (Å²) in [5.74, 6) is -0.202. The van der Waals surface area contributed by atoms with Crippen LogP contribution in [-0.4, -0.2) is 25.1 Å². The fourth-order valence-electron chi connectivity index (χ4n) is 1.11. The van der Waals surface area contributed by atoms with Crippen molar-refractivity contribution in [2.75, 3.05) is 13.2 Å². The third-order valence-electron chi connectivity index (χ3n) is 1.91. The van der Waals surface area contributed by atoms with Crippen LogP contribution >= 0.6 is 27.5 Å². The van der Waals surface area contributed by atoms with Crippen molar-refractivity contribution < 1.29 is 14.3 Å². The molecular formula is C12H12BrClN2O3. The maximum atomic E-state index is 11.4. The number of halogens is 2. The van der Waals surface area contributed by atoms with Gasteiger partial charge in [0.2, 0.25) is 0 Å². The Morgan fingerprint density at radius 2 is 2.21 bits per heavy atom. The molecule has 1 rings (SSSR count). The minimum atomic E-state index is -0.601. The molecular weight excluding hydrogens is 336 g/mol. The Morgan fingerprint density at radius 1 is 1.47 bits per heavy atom. The Hall–Kier alpha value is -1.53. The summed E-state index contributed by atoms with van der Waals surface area (Å²) in [5, 5.41) is 4.88. The van der Waals surface area contributed by atoms with Gasteiger partial charge in [-0.2, -0.15) is 0 Å². The number of carbonyl (C=O) groups is 2. The molecule has 0 radical (unpaired) electrons. The van der Waals surface area contributed by atoms with Crippen LogP contribution < -0.4 is 15.4 Å². The molecule has 3 amide bonds. The number of ether oxygens (including phenoxy) is 1. The van der Waals surface area contributed by atoms with E-state index in [0.717, 1.165) is 4.47 Å². The van der Waals surface area contributed by atoms with Crippen LogP contribution in [0.25, 0.3) is 0 Å². The number of carbonyl (C=O) groups excluding carboxylic acids is 2. The molecule has 1 aromatic carbocycles. The fraction of sp³-hybridized carbons (Fsp3) is 0.167. The van der Waals surface area contributed by atoms with E-state index in [1.807, 2.05) is 0 Å². The Kier molecular flexibility index (Phi) is 6.38. The summed E-state index contributed by atoms with van der Waals surface area (Å²) >= 11 is 9.16. The first-order valence-electron chi connectivity index (χ1n) is 5.29. The van der Waals surface area contributed by atoms with Crippen molar-refractivity contribution in [2.45, 2.75) is 0 Å². The SMILES string of the molecule is C=CCNC(=O)NC(=O)COc1ccc(Br)cc1Cl. The van der Waals surface area contributed by atoms with Gasteiger partial charge in [-0.1, -0.05) is 33.6 Å². The van der Waals surface area contributed by atoms with Gasteiger partial charge in [-0.25, -0.2) is 4.79 Å². The number of rotatable bonds is 5. The Morgan fingerprint density at radius 3 is 2.84 bits per heavy atom. The van der Waals surface area contributed by atoms with Gasteiger partial charge in [-0.05, 0) is 18.2 Å². The average molecular weight is 348 g/mol. The van der Waals surface area contributed by atoms with Gasteiger partial charge in [-0.3, -0.25) is 10.1 Å². The zero-order valence-electron chi connectivity index (χ0n) is 9.91.